The molecule has 0 bridgehead atoms. The highest BCUT2D eigenvalue weighted by Crippen LogP contribution is 2.45. The van der Waals surface area contributed by atoms with E-state index in [1.165, 1.54) is 33.1 Å². The van der Waals surface area contributed by atoms with Crippen LogP contribution in [0.3, 0.4) is 0 Å². The first-order valence-corrected chi connectivity index (χ1v) is 10.4. The minimum atomic E-state index is -4.99. The van der Waals surface area contributed by atoms with E-state index in [2.05, 4.69) is 17.9 Å². The van der Waals surface area contributed by atoms with Crippen LogP contribution in [0.25, 0.3) is 21.9 Å². The number of hydrogen-bond donors (Lipinski definition) is 0. The number of hydrogen-bond acceptors (Lipinski definition) is 7. The Morgan fingerprint density at radius 2 is 1.54 bits per heavy atom. The van der Waals surface area contributed by atoms with Gasteiger partial charge in [-0.2, -0.15) is 0 Å². The third kappa shape index (κ3) is 5.76. The number of furan rings is 1. The lowest BCUT2D eigenvalue weighted by Gasteiger charge is -2.14. The molecule has 1 aromatic heterocycles. The zero-order valence-electron chi connectivity index (χ0n) is 19.3. The molecule has 186 valence electrons. The van der Waals surface area contributed by atoms with Crippen molar-refractivity contribution in [3.63, 3.8) is 0 Å². The fraction of sp³-hybridized carbons (Fsp3) is 0.280. The van der Waals surface area contributed by atoms with Gasteiger partial charge in [0.05, 0.1) is 13.7 Å². The highest BCUT2D eigenvalue weighted by atomic mass is 19.4. The monoisotopic (exact) mass is 492 g/mol. The number of halogens is 3. The molecule has 35 heavy (non-hydrogen) atoms. The second-order valence-corrected chi connectivity index (χ2v) is 7.74. The first kappa shape index (κ1) is 25.7. The van der Waals surface area contributed by atoms with E-state index in [1.54, 1.807) is 12.1 Å². The van der Waals surface area contributed by atoms with Gasteiger partial charge in [0.2, 0.25) is 5.75 Å². The second kappa shape index (κ2) is 10.1. The molecule has 10 heteroatoms. The number of carbonyl (C=O) groups is 2. The summed E-state index contributed by atoms with van der Waals surface area (Å²) in [5, 5.41) is 0.772. The van der Waals surface area contributed by atoms with Crippen molar-refractivity contribution in [3.8, 4) is 17.2 Å². The SMILES string of the molecule is C=C(C)C(=O)OCCCc1ccc2c(oc3c(OC)c(OC(=O)C(=C)C)ccc32)c1OC(F)(F)F. The van der Waals surface area contributed by atoms with Crippen LogP contribution in [-0.2, 0) is 20.7 Å². The number of alkyl halides is 3. The van der Waals surface area contributed by atoms with Crippen LogP contribution in [0, 0.1) is 0 Å². The largest absolute Gasteiger partial charge is 0.573 e. The molecular weight excluding hydrogens is 469 g/mol. The van der Waals surface area contributed by atoms with Gasteiger partial charge in [0.25, 0.3) is 0 Å². The van der Waals surface area contributed by atoms with Gasteiger partial charge in [-0.1, -0.05) is 19.2 Å². The number of methoxy groups -OCH3 is 1. The van der Waals surface area contributed by atoms with E-state index < -0.39 is 24.1 Å². The van der Waals surface area contributed by atoms with Crippen LogP contribution >= 0.6 is 0 Å². The number of aryl methyl sites for hydroxylation is 1. The van der Waals surface area contributed by atoms with E-state index in [9.17, 15) is 22.8 Å². The van der Waals surface area contributed by atoms with Crippen molar-refractivity contribution in [2.24, 2.45) is 0 Å². The van der Waals surface area contributed by atoms with Crippen molar-refractivity contribution in [3.05, 3.63) is 54.1 Å². The lowest BCUT2D eigenvalue weighted by molar-refractivity contribution is -0.274. The maximum Gasteiger partial charge on any atom is 0.573 e. The Morgan fingerprint density at radius 1 is 0.943 bits per heavy atom. The van der Waals surface area contributed by atoms with Gasteiger partial charge in [-0.15, -0.1) is 13.2 Å². The van der Waals surface area contributed by atoms with Crippen LogP contribution in [-0.4, -0.2) is 32.0 Å². The Bertz CT molecular complexity index is 1320. The molecule has 0 aliphatic rings. The number of fused-ring (bicyclic) bond motifs is 3. The first-order chi connectivity index (χ1) is 16.4. The summed E-state index contributed by atoms with van der Waals surface area (Å²) < 4.78 is 65.6. The smallest absolute Gasteiger partial charge is 0.490 e. The Balaban J connectivity index is 2.06. The van der Waals surface area contributed by atoms with Crippen LogP contribution in [0.5, 0.6) is 17.2 Å². The summed E-state index contributed by atoms with van der Waals surface area (Å²) in [6.07, 6.45) is -4.63. The highest BCUT2D eigenvalue weighted by molar-refractivity contribution is 6.10. The maximum atomic E-state index is 13.3. The van der Waals surface area contributed by atoms with E-state index >= 15 is 0 Å². The molecule has 2 aromatic carbocycles. The zero-order valence-corrected chi connectivity index (χ0v) is 19.3. The molecular formula is C25H23F3O7. The molecule has 0 aliphatic heterocycles. The van der Waals surface area contributed by atoms with E-state index in [-0.39, 0.29) is 58.8 Å². The van der Waals surface area contributed by atoms with Crippen LogP contribution < -0.4 is 14.2 Å². The lowest BCUT2D eigenvalue weighted by Crippen LogP contribution is -2.18. The molecule has 3 aromatic rings. The third-order valence-electron chi connectivity index (χ3n) is 4.91. The Hall–Kier alpha value is -3.95. The van der Waals surface area contributed by atoms with Gasteiger partial charge < -0.3 is 23.4 Å². The van der Waals surface area contributed by atoms with Gasteiger partial charge in [-0.05, 0) is 50.5 Å². The molecule has 0 atom stereocenters. The normalized spacial score (nSPS) is 11.4. The minimum absolute atomic E-state index is 0.0133. The summed E-state index contributed by atoms with van der Waals surface area (Å²) in [5.74, 6) is -1.75. The van der Waals surface area contributed by atoms with Gasteiger partial charge in [0.1, 0.15) is 0 Å². The minimum Gasteiger partial charge on any atom is -0.490 e. The molecule has 0 saturated heterocycles. The molecule has 0 fully saturated rings. The fourth-order valence-electron chi connectivity index (χ4n) is 3.31. The number of benzene rings is 2. The molecule has 3 rings (SSSR count). The van der Waals surface area contributed by atoms with Crippen molar-refractivity contribution in [2.45, 2.75) is 33.1 Å². The van der Waals surface area contributed by atoms with Crippen molar-refractivity contribution < 1.29 is 46.1 Å². The van der Waals surface area contributed by atoms with Crippen LogP contribution in [0.1, 0.15) is 25.8 Å². The van der Waals surface area contributed by atoms with Gasteiger partial charge in [-0.3, -0.25) is 0 Å². The van der Waals surface area contributed by atoms with E-state index in [0.29, 0.717) is 10.8 Å². The summed E-state index contributed by atoms with van der Waals surface area (Å²) in [6.45, 7) is 9.93. The van der Waals surface area contributed by atoms with Crippen molar-refractivity contribution in [1.82, 2.24) is 0 Å². The van der Waals surface area contributed by atoms with E-state index in [1.807, 2.05) is 0 Å². The third-order valence-corrected chi connectivity index (χ3v) is 4.91. The Morgan fingerprint density at radius 3 is 2.11 bits per heavy atom. The Kier molecular flexibility index (Phi) is 7.42. The van der Waals surface area contributed by atoms with Gasteiger partial charge >= 0.3 is 18.3 Å². The standard InChI is InChI=1S/C25H23F3O7/c1-13(2)23(29)32-12-6-7-15-8-9-16-17-10-11-18(33-24(30)14(3)4)22(31-5)21(17)34-20(16)19(15)35-25(26,27)28/h8-11H,1,3,6-7,12H2,2,4-5H3. The van der Waals surface area contributed by atoms with Gasteiger partial charge in [-0.25, -0.2) is 9.59 Å². The predicted octanol–water partition coefficient (Wildman–Crippen LogP) is 6.03. The zero-order chi connectivity index (χ0) is 25.9. The predicted molar refractivity (Wildman–Crippen MR) is 121 cm³/mol. The second-order valence-electron chi connectivity index (χ2n) is 7.74. The molecule has 7 nitrogen and oxygen atoms in total. The van der Waals surface area contributed by atoms with Crippen LogP contribution in [0.2, 0.25) is 0 Å². The summed E-state index contributed by atoms with van der Waals surface area (Å²) in [4.78, 5) is 23.5. The summed E-state index contributed by atoms with van der Waals surface area (Å²) in [7, 11) is 1.31. The fourth-order valence-corrected chi connectivity index (χ4v) is 3.31. The average molecular weight is 492 g/mol. The van der Waals surface area contributed by atoms with E-state index in [4.69, 9.17) is 18.6 Å². The molecule has 0 spiro atoms. The molecule has 0 radical (unpaired) electrons. The summed E-state index contributed by atoms with van der Waals surface area (Å²) >= 11 is 0. The highest BCUT2D eigenvalue weighted by Gasteiger charge is 2.34. The molecule has 0 unspecified atom stereocenters. The number of rotatable bonds is 9. The lowest BCUT2D eigenvalue weighted by atomic mass is 10.0. The topological polar surface area (TPSA) is 84.2 Å². The van der Waals surface area contributed by atoms with Crippen LogP contribution in [0.4, 0.5) is 13.2 Å². The Labute approximate surface area is 198 Å². The van der Waals surface area contributed by atoms with Crippen molar-refractivity contribution in [2.75, 3.05) is 13.7 Å². The molecule has 0 N–H and O–H groups in total. The van der Waals surface area contributed by atoms with Gasteiger partial charge in [0, 0.05) is 21.9 Å². The van der Waals surface area contributed by atoms with Crippen molar-refractivity contribution in [1.29, 1.82) is 0 Å². The first-order valence-electron chi connectivity index (χ1n) is 10.4. The number of carbonyl (C=O) groups excluding carboxylic acids is 2. The summed E-state index contributed by atoms with van der Waals surface area (Å²) in [6, 6.07) is 6.07. The molecule has 1 heterocycles. The van der Waals surface area contributed by atoms with Crippen LogP contribution in [0.15, 0.2) is 53.0 Å². The quantitative estimate of drug-likeness (QED) is 0.156. The molecule has 0 aliphatic carbocycles. The van der Waals surface area contributed by atoms with E-state index in [0.717, 1.165) is 0 Å². The number of esters is 2. The molecule has 0 amide bonds. The van der Waals surface area contributed by atoms with Gasteiger partial charge in [0.15, 0.2) is 22.7 Å². The average Bonchev–Trinajstić information content (AvgIpc) is 3.15. The summed E-state index contributed by atoms with van der Waals surface area (Å²) in [5.41, 5.74) is 0.492. The van der Waals surface area contributed by atoms with Crippen molar-refractivity contribution >= 4 is 33.9 Å². The molecule has 0 saturated carbocycles. The number of ether oxygens (including phenoxy) is 4. The maximum absolute atomic E-state index is 13.3.